The van der Waals surface area contributed by atoms with E-state index in [1.165, 1.54) is 10.6 Å². The number of halogens is 1. The number of sulfonamides is 1. The van der Waals surface area contributed by atoms with Crippen LogP contribution in [0.5, 0.6) is 0 Å². The molecule has 0 fully saturated rings. The van der Waals surface area contributed by atoms with E-state index in [2.05, 4.69) is 20.2 Å². The number of hydrogen-bond donors (Lipinski definition) is 2. The Bertz CT molecular complexity index is 546. The van der Waals surface area contributed by atoms with E-state index < -0.39 is 10.0 Å². The Hall–Kier alpha value is -0.810. The quantitative estimate of drug-likeness (QED) is 0.251. The fraction of sp³-hybridized carbons (Fsp3) is 0.643. The van der Waals surface area contributed by atoms with Crippen molar-refractivity contribution in [3.05, 3.63) is 24.5 Å². The van der Waals surface area contributed by atoms with Crippen molar-refractivity contribution in [2.75, 3.05) is 39.5 Å². The normalized spacial score (nSPS) is 12.1. The number of nitrogens with zero attached hydrogens (tertiary/aromatic N) is 3. The van der Waals surface area contributed by atoms with Gasteiger partial charge in [0.25, 0.3) is 0 Å². The first-order valence-electron chi connectivity index (χ1n) is 7.47. The van der Waals surface area contributed by atoms with Gasteiger partial charge in [0, 0.05) is 52.2 Å². The first-order valence-corrected chi connectivity index (χ1v) is 9.32. The van der Waals surface area contributed by atoms with E-state index in [1.54, 1.807) is 7.05 Å². The topological polar surface area (TPSA) is 78.7 Å². The van der Waals surface area contributed by atoms with Crippen LogP contribution in [0.3, 0.4) is 0 Å². The Morgan fingerprint density at radius 2 is 1.83 bits per heavy atom. The molecule has 0 unspecified atom stereocenters. The molecule has 9 heteroatoms. The Balaban J connectivity index is 0.00000484. The zero-order chi connectivity index (χ0) is 16.4. The van der Waals surface area contributed by atoms with Crippen molar-refractivity contribution in [2.45, 2.75) is 19.9 Å². The van der Waals surface area contributed by atoms with E-state index in [9.17, 15) is 8.42 Å². The summed E-state index contributed by atoms with van der Waals surface area (Å²) >= 11 is 0. The van der Waals surface area contributed by atoms with Crippen LogP contribution in [0, 0.1) is 0 Å². The Kier molecular flexibility index (Phi) is 11.3. The highest BCUT2D eigenvalue weighted by molar-refractivity contribution is 14.0. The van der Waals surface area contributed by atoms with Gasteiger partial charge in [0.2, 0.25) is 10.0 Å². The van der Waals surface area contributed by atoms with Gasteiger partial charge in [0.05, 0.1) is 6.26 Å². The summed E-state index contributed by atoms with van der Waals surface area (Å²) < 4.78 is 26.5. The van der Waals surface area contributed by atoms with Crippen LogP contribution in [0.2, 0.25) is 0 Å². The largest absolute Gasteiger partial charge is 0.356 e. The lowest BCUT2D eigenvalue weighted by Crippen LogP contribution is -2.40. The molecule has 0 saturated carbocycles. The van der Waals surface area contributed by atoms with Crippen LogP contribution in [0.25, 0.3) is 0 Å². The maximum absolute atomic E-state index is 11.5. The van der Waals surface area contributed by atoms with Gasteiger partial charge in [-0.25, -0.2) is 12.7 Å². The monoisotopic (exact) mass is 457 g/mol. The molecule has 0 saturated heterocycles. The van der Waals surface area contributed by atoms with Gasteiger partial charge in [0.15, 0.2) is 5.96 Å². The third-order valence-electron chi connectivity index (χ3n) is 3.25. The molecule has 0 aliphatic heterocycles. The minimum atomic E-state index is -3.10. The first kappa shape index (κ1) is 22.2. The third kappa shape index (κ3) is 9.16. The summed E-state index contributed by atoms with van der Waals surface area (Å²) in [6.07, 6.45) is 6.01. The number of nitrogens with one attached hydrogen (secondary N) is 2. The van der Waals surface area contributed by atoms with Crippen LogP contribution in [0.4, 0.5) is 0 Å². The highest BCUT2D eigenvalue weighted by atomic mass is 127. The van der Waals surface area contributed by atoms with Gasteiger partial charge < -0.3 is 15.2 Å². The molecule has 0 aromatic carbocycles. The zero-order valence-corrected chi connectivity index (χ0v) is 17.2. The highest BCUT2D eigenvalue weighted by Gasteiger charge is 2.13. The summed E-state index contributed by atoms with van der Waals surface area (Å²) in [6.45, 7) is 5.18. The molecule has 0 spiro atoms. The van der Waals surface area contributed by atoms with Crippen molar-refractivity contribution < 1.29 is 8.42 Å². The lowest BCUT2D eigenvalue weighted by Gasteiger charge is -2.18. The van der Waals surface area contributed by atoms with Crippen molar-refractivity contribution >= 4 is 40.0 Å². The Labute approximate surface area is 156 Å². The molecule has 0 atom stereocenters. The maximum atomic E-state index is 11.5. The average molecular weight is 457 g/mol. The Morgan fingerprint density at radius 3 is 2.35 bits per heavy atom. The van der Waals surface area contributed by atoms with E-state index in [0.717, 1.165) is 25.5 Å². The van der Waals surface area contributed by atoms with Gasteiger partial charge in [-0.3, -0.25) is 4.99 Å². The second-order valence-corrected chi connectivity index (χ2v) is 6.94. The van der Waals surface area contributed by atoms with Gasteiger partial charge in [-0.1, -0.05) is 6.92 Å². The van der Waals surface area contributed by atoms with E-state index in [-0.39, 0.29) is 24.0 Å². The predicted octanol–water partition coefficient (Wildman–Crippen LogP) is 0.943. The first-order chi connectivity index (χ1) is 10.5. The molecule has 7 nitrogen and oxygen atoms in total. The van der Waals surface area contributed by atoms with Gasteiger partial charge in [0.1, 0.15) is 0 Å². The number of aliphatic imine (C=N–C) groups is 1. The number of rotatable bonds is 9. The molecule has 23 heavy (non-hydrogen) atoms. The van der Waals surface area contributed by atoms with E-state index >= 15 is 0 Å². The van der Waals surface area contributed by atoms with Gasteiger partial charge in [-0.2, -0.15) is 0 Å². The lowest BCUT2D eigenvalue weighted by atomic mass is 10.4. The molecular weight excluding hydrogens is 429 g/mol. The summed E-state index contributed by atoms with van der Waals surface area (Å²) in [5, 5.41) is 6.41. The molecule has 2 N–H and O–H groups in total. The number of hydrogen-bond acceptors (Lipinski definition) is 3. The molecule has 0 aliphatic rings. The van der Waals surface area contributed by atoms with Gasteiger partial charge in [-0.15, -0.1) is 24.0 Å². The third-order valence-corrected chi connectivity index (χ3v) is 4.63. The minimum absolute atomic E-state index is 0. The molecule has 1 rings (SSSR count). The van der Waals surface area contributed by atoms with E-state index in [1.807, 2.05) is 31.5 Å². The van der Waals surface area contributed by atoms with Crippen LogP contribution >= 0.6 is 24.0 Å². The molecule has 0 radical (unpaired) electrons. The number of aromatic nitrogens is 1. The molecule has 1 aromatic heterocycles. The summed E-state index contributed by atoms with van der Waals surface area (Å²) in [6, 6.07) is 3.99. The van der Waals surface area contributed by atoms with Crippen molar-refractivity contribution in [1.29, 1.82) is 0 Å². The molecule has 0 bridgehead atoms. The fourth-order valence-electron chi connectivity index (χ4n) is 2.06. The van der Waals surface area contributed by atoms with Crippen LogP contribution in [0.15, 0.2) is 29.5 Å². The van der Waals surface area contributed by atoms with Crippen molar-refractivity contribution in [2.24, 2.45) is 4.99 Å². The zero-order valence-electron chi connectivity index (χ0n) is 14.0. The number of guanidine groups is 1. The Morgan fingerprint density at radius 1 is 1.22 bits per heavy atom. The fourth-order valence-corrected chi connectivity index (χ4v) is 2.99. The molecule has 1 heterocycles. The van der Waals surface area contributed by atoms with Gasteiger partial charge in [-0.05, 0) is 18.6 Å². The molecule has 134 valence electrons. The SMILES string of the molecule is CCN(CCCNC(=NC)NCCn1cccc1)S(C)(=O)=O.I. The van der Waals surface area contributed by atoms with Gasteiger partial charge >= 0.3 is 0 Å². The predicted molar refractivity (Wildman–Crippen MR) is 106 cm³/mol. The van der Waals surface area contributed by atoms with Crippen molar-refractivity contribution in [3.63, 3.8) is 0 Å². The highest BCUT2D eigenvalue weighted by Crippen LogP contribution is 1.98. The average Bonchev–Trinajstić information content (AvgIpc) is 2.97. The summed E-state index contributed by atoms with van der Waals surface area (Å²) in [5.74, 6) is 0.731. The summed E-state index contributed by atoms with van der Waals surface area (Å²) in [5.41, 5.74) is 0. The van der Waals surface area contributed by atoms with E-state index in [0.29, 0.717) is 19.6 Å². The standard InChI is InChI=1S/C14H27N5O2S.HI/c1-4-19(22(3,20)21)12-7-8-16-14(15-2)17-9-13-18-10-5-6-11-18;/h5-6,10-11H,4,7-9,12-13H2,1-3H3,(H2,15,16,17);1H. The lowest BCUT2D eigenvalue weighted by molar-refractivity contribution is 0.424. The second kappa shape index (κ2) is 11.7. The summed E-state index contributed by atoms with van der Waals surface area (Å²) in [7, 11) is -1.38. The minimum Gasteiger partial charge on any atom is -0.356 e. The van der Waals surface area contributed by atoms with Crippen molar-refractivity contribution in [1.82, 2.24) is 19.5 Å². The summed E-state index contributed by atoms with van der Waals surface area (Å²) in [4.78, 5) is 4.15. The van der Waals surface area contributed by atoms with Crippen molar-refractivity contribution in [3.8, 4) is 0 Å². The van der Waals surface area contributed by atoms with E-state index in [4.69, 9.17) is 0 Å². The van der Waals surface area contributed by atoms with Crippen LogP contribution < -0.4 is 10.6 Å². The van der Waals surface area contributed by atoms with Crippen LogP contribution in [0.1, 0.15) is 13.3 Å². The molecule has 0 amide bonds. The smallest absolute Gasteiger partial charge is 0.211 e. The maximum Gasteiger partial charge on any atom is 0.211 e. The molecular formula is C14H28IN5O2S. The van der Waals surface area contributed by atoms with Crippen LogP contribution in [-0.4, -0.2) is 62.7 Å². The van der Waals surface area contributed by atoms with Crippen LogP contribution in [-0.2, 0) is 16.6 Å². The second-order valence-electron chi connectivity index (χ2n) is 4.95. The molecule has 1 aromatic rings. The molecule has 0 aliphatic carbocycles.